The number of aromatic nitrogens is 2. The van der Waals surface area contributed by atoms with Crippen LogP contribution in [0, 0.1) is 5.82 Å². The fraction of sp³-hybridized carbons (Fsp3) is 0.412. The third-order valence-electron chi connectivity index (χ3n) is 4.05. The van der Waals surface area contributed by atoms with Crippen LogP contribution in [0.2, 0.25) is 0 Å². The predicted molar refractivity (Wildman–Crippen MR) is 82.1 cm³/mol. The Morgan fingerprint density at radius 3 is 2.52 bits per heavy atom. The Morgan fingerprint density at radius 2 is 1.92 bits per heavy atom. The predicted octanol–water partition coefficient (Wildman–Crippen LogP) is 3.62. The number of alkyl halides is 3. The number of carbonyl (C=O) groups is 1. The zero-order valence-electron chi connectivity index (χ0n) is 13.3. The Hall–Kier alpha value is -2.38. The number of hydrogen-bond acceptors (Lipinski definition) is 2. The molecule has 1 aromatic carbocycles. The molecule has 1 fully saturated rings. The molecule has 134 valence electrons. The molecule has 0 saturated heterocycles. The quantitative estimate of drug-likeness (QED) is 0.805. The highest BCUT2D eigenvalue weighted by Gasteiger charge is 2.37. The number of halogens is 4. The molecular formula is C17H17F4N3O. The number of rotatable bonds is 6. The van der Waals surface area contributed by atoms with Crippen molar-refractivity contribution in [3.63, 3.8) is 0 Å². The maximum absolute atomic E-state index is 12.8. The number of nitrogens with zero attached hydrogens (tertiary/aromatic N) is 2. The lowest BCUT2D eigenvalue weighted by Crippen LogP contribution is -2.24. The van der Waals surface area contributed by atoms with Gasteiger partial charge in [0.15, 0.2) is 5.69 Å². The largest absolute Gasteiger partial charge is 0.435 e. The molecule has 0 atom stereocenters. The summed E-state index contributed by atoms with van der Waals surface area (Å²) in [6.45, 7) is 0.332. The third kappa shape index (κ3) is 4.58. The molecule has 1 saturated carbocycles. The van der Waals surface area contributed by atoms with Gasteiger partial charge in [-0.25, -0.2) is 4.39 Å². The fourth-order valence-electron chi connectivity index (χ4n) is 2.56. The number of amides is 1. The second-order valence-corrected chi connectivity index (χ2v) is 6.10. The lowest BCUT2D eigenvalue weighted by Gasteiger charge is -2.08. The van der Waals surface area contributed by atoms with Gasteiger partial charge in [-0.1, -0.05) is 12.1 Å². The first kappa shape index (κ1) is 17.4. The van der Waals surface area contributed by atoms with E-state index in [-0.39, 0.29) is 37.2 Å². The summed E-state index contributed by atoms with van der Waals surface area (Å²) in [5.74, 6) is -0.553. The van der Waals surface area contributed by atoms with Crippen molar-refractivity contribution < 1.29 is 22.4 Å². The number of carbonyl (C=O) groups excluding carboxylic acids is 1. The maximum Gasteiger partial charge on any atom is 0.435 e. The van der Waals surface area contributed by atoms with Crippen LogP contribution in [-0.4, -0.2) is 15.7 Å². The summed E-state index contributed by atoms with van der Waals surface area (Å²) >= 11 is 0. The first-order valence-electron chi connectivity index (χ1n) is 7.99. The lowest BCUT2D eigenvalue weighted by atomic mass is 10.2. The van der Waals surface area contributed by atoms with E-state index in [1.54, 1.807) is 12.1 Å². The molecule has 1 heterocycles. The van der Waals surface area contributed by atoms with Gasteiger partial charge in [0.05, 0.1) is 0 Å². The second-order valence-electron chi connectivity index (χ2n) is 6.10. The van der Waals surface area contributed by atoms with Gasteiger partial charge in [-0.15, -0.1) is 0 Å². The van der Waals surface area contributed by atoms with E-state index in [0.29, 0.717) is 5.69 Å². The minimum Gasteiger partial charge on any atom is -0.352 e. The van der Waals surface area contributed by atoms with Crippen LogP contribution in [0.4, 0.5) is 17.6 Å². The van der Waals surface area contributed by atoms with Crippen LogP contribution < -0.4 is 5.32 Å². The smallest absolute Gasteiger partial charge is 0.352 e. The van der Waals surface area contributed by atoms with Gasteiger partial charge in [-0.3, -0.25) is 9.48 Å². The Balaban J connectivity index is 1.56. The molecule has 4 nitrogen and oxygen atoms in total. The van der Waals surface area contributed by atoms with Crippen molar-refractivity contribution in [3.05, 3.63) is 53.1 Å². The average molecular weight is 355 g/mol. The van der Waals surface area contributed by atoms with E-state index < -0.39 is 11.9 Å². The van der Waals surface area contributed by atoms with Gasteiger partial charge in [0, 0.05) is 31.1 Å². The van der Waals surface area contributed by atoms with Gasteiger partial charge in [-0.2, -0.15) is 18.3 Å². The van der Waals surface area contributed by atoms with Crippen LogP contribution in [0.1, 0.15) is 42.1 Å². The molecule has 1 aromatic heterocycles. The minimum absolute atomic E-state index is 0.0277. The van der Waals surface area contributed by atoms with E-state index in [4.69, 9.17) is 0 Å². The van der Waals surface area contributed by atoms with Gasteiger partial charge in [0.25, 0.3) is 0 Å². The molecule has 2 aromatic rings. The summed E-state index contributed by atoms with van der Waals surface area (Å²) in [7, 11) is 0. The van der Waals surface area contributed by atoms with Crippen molar-refractivity contribution in [2.24, 2.45) is 0 Å². The van der Waals surface area contributed by atoms with Crippen molar-refractivity contribution in [3.8, 4) is 0 Å². The van der Waals surface area contributed by atoms with E-state index in [2.05, 4.69) is 10.4 Å². The molecule has 0 radical (unpaired) electrons. The van der Waals surface area contributed by atoms with Gasteiger partial charge >= 0.3 is 6.18 Å². The highest BCUT2D eigenvalue weighted by molar-refractivity contribution is 5.75. The van der Waals surface area contributed by atoms with Crippen LogP contribution in [0.15, 0.2) is 30.3 Å². The molecule has 1 amide bonds. The first-order valence-corrected chi connectivity index (χ1v) is 7.99. The zero-order chi connectivity index (χ0) is 18.0. The Labute approximate surface area is 141 Å². The summed E-state index contributed by atoms with van der Waals surface area (Å²) in [5.41, 5.74) is 0.367. The SMILES string of the molecule is O=C(CCn1nc(C(F)(F)F)cc1C1CC1)NCc1ccc(F)cc1. The molecule has 3 rings (SSSR count). The van der Waals surface area contributed by atoms with Crippen molar-refractivity contribution in [2.45, 2.75) is 44.4 Å². The molecule has 0 spiro atoms. The summed E-state index contributed by atoms with van der Waals surface area (Å²) in [4.78, 5) is 11.9. The lowest BCUT2D eigenvalue weighted by molar-refractivity contribution is -0.141. The molecule has 8 heteroatoms. The fourth-order valence-corrected chi connectivity index (χ4v) is 2.56. The molecular weight excluding hydrogens is 338 g/mol. The Bertz CT molecular complexity index is 748. The Morgan fingerprint density at radius 1 is 1.24 bits per heavy atom. The van der Waals surface area contributed by atoms with E-state index in [1.165, 1.54) is 16.8 Å². The van der Waals surface area contributed by atoms with Crippen LogP contribution in [-0.2, 0) is 24.1 Å². The standard InChI is InChI=1S/C17H17F4N3O/c18-13-5-1-11(2-6-13)10-22-16(25)7-8-24-14(12-3-4-12)9-15(23-24)17(19,20)21/h1-2,5-6,9,12H,3-4,7-8,10H2,(H,22,25). The average Bonchev–Trinajstić information content (AvgIpc) is 3.30. The van der Waals surface area contributed by atoms with Gasteiger partial charge in [-0.05, 0) is 36.6 Å². The van der Waals surface area contributed by atoms with Crippen molar-refractivity contribution in [1.82, 2.24) is 15.1 Å². The Kier molecular flexibility index (Phi) is 4.78. The van der Waals surface area contributed by atoms with Crippen molar-refractivity contribution >= 4 is 5.91 Å². The summed E-state index contributed by atoms with van der Waals surface area (Å²) in [5, 5.41) is 6.28. The van der Waals surface area contributed by atoms with E-state index >= 15 is 0 Å². The van der Waals surface area contributed by atoms with E-state index in [9.17, 15) is 22.4 Å². The highest BCUT2D eigenvalue weighted by atomic mass is 19.4. The van der Waals surface area contributed by atoms with Crippen LogP contribution in [0.5, 0.6) is 0 Å². The second kappa shape index (κ2) is 6.85. The first-order chi connectivity index (χ1) is 11.8. The van der Waals surface area contributed by atoms with Gasteiger partial charge in [0.2, 0.25) is 5.91 Å². The van der Waals surface area contributed by atoms with Crippen molar-refractivity contribution in [2.75, 3.05) is 0 Å². The van der Waals surface area contributed by atoms with Gasteiger partial charge < -0.3 is 5.32 Å². The molecule has 0 unspecified atom stereocenters. The number of nitrogens with one attached hydrogen (secondary N) is 1. The molecule has 0 bridgehead atoms. The van der Waals surface area contributed by atoms with Crippen LogP contribution in [0.25, 0.3) is 0 Å². The topological polar surface area (TPSA) is 46.9 Å². The molecule has 1 aliphatic carbocycles. The van der Waals surface area contributed by atoms with Crippen LogP contribution in [0.3, 0.4) is 0 Å². The third-order valence-corrected chi connectivity index (χ3v) is 4.05. The van der Waals surface area contributed by atoms with E-state index in [0.717, 1.165) is 24.5 Å². The van der Waals surface area contributed by atoms with Crippen LogP contribution >= 0.6 is 0 Å². The van der Waals surface area contributed by atoms with Gasteiger partial charge in [0.1, 0.15) is 5.82 Å². The number of aryl methyl sites for hydroxylation is 1. The maximum atomic E-state index is 12.8. The van der Waals surface area contributed by atoms with Crippen molar-refractivity contribution in [1.29, 1.82) is 0 Å². The summed E-state index contributed by atoms with van der Waals surface area (Å²) in [6, 6.07) is 6.79. The number of benzene rings is 1. The molecule has 1 aliphatic rings. The summed E-state index contributed by atoms with van der Waals surface area (Å²) < 4.78 is 52.6. The summed E-state index contributed by atoms with van der Waals surface area (Å²) in [6.07, 6.45) is -2.76. The number of hydrogen-bond donors (Lipinski definition) is 1. The van der Waals surface area contributed by atoms with E-state index in [1.807, 2.05) is 0 Å². The minimum atomic E-state index is -4.49. The molecule has 1 N–H and O–H groups in total. The monoisotopic (exact) mass is 355 g/mol. The zero-order valence-corrected chi connectivity index (χ0v) is 13.3. The molecule has 25 heavy (non-hydrogen) atoms. The highest BCUT2D eigenvalue weighted by Crippen LogP contribution is 2.42. The normalized spacial score (nSPS) is 14.6. The molecule has 0 aliphatic heterocycles.